The van der Waals surface area contributed by atoms with Gasteiger partial charge in [-0.2, -0.15) is 0 Å². The summed E-state index contributed by atoms with van der Waals surface area (Å²) in [6.07, 6.45) is 0.212. The topological polar surface area (TPSA) is 120 Å². The lowest BCUT2D eigenvalue weighted by molar-refractivity contribution is 0.0540. The number of carbonyl (C=O) groups is 2. The molecule has 2 atom stereocenters. The summed E-state index contributed by atoms with van der Waals surface area (Å²) in [5.41, 5.74) is 1.99. The van der Waals surface area contributed by atoms with Gasteiger partial charge in [0.2, 0.25) is 0 Å². The summed E-state index contributed by atoms with van der Waals surface area (Å²) in [4.78, 5) is 39.2. The van der Waals surface area contributed by atoms with Crippen LogP contribution in [0, 0.1) is 6.92 Å². The number of amides is 1. The highest BCUT2D eigenvalue weighted by atomic mass is 35.5. The number of aromatic amines is 1. The Balaban J connectivity index is 1.36. The Kier molecular flexibility index (Phi) is 6.92. The molecule has 36 heavy (non-hydrogen) atoms. The average Bonchev–Trinajstić information content (AvgIpc) is 3.56. The second kappa shape index (κ2) is 9.98. The molecule has 3 N–H and O–H groups in total. The van der Waals surface area contributed by atoms with Gasteiger partial charge >= 0.3 is 5.97 Å². The molecule has 1 fully saturated rings. The number of anilines is 1. The molecule has 9 nitrogen and oxygen atoms in total. The third-order valence-corrected chi connectivity index (χ3v) is 9.13. The highest BCUT2D eigenvalue weighted by molar-refractivity contribution is 7.22. The van der Waals surface area contributed by atoms with Crippen LogP contribution in [0.4, 0.5) is 5.13 Å². The number of fused-ring (bicyclic) bond motifs is 1. The van der Waals surface area contributed by atoms with Crippen molar-refractivity contribution in [2.75, 3.05) is 25.1 Å². The van der Waals surface area contributed by atoms with Crippen molar-refractivity contribution in [2.24, 2.45) is 0 Å². The summed E-state index contributed by atoms with van der Waals surface area (Å²) in [5.74, 6) is -1.41. The smallest absolute Gasteiger partial charge is 0.348 e. The maximum atomic E-state index is 12.8. The second-order valence-corrected chi connectivity index (χ2v) is 11.1. The Hall–Kier alpha value is -2.70. The summed E-state index contributed by atoms with van der Waals surface area (Å²) in [6.45, 7) is 2.71. The second-order valence-electron chi connectivity index (χ2n) is 8.31. The van der Waals surface area contributed by atoms with Gasteiger partial charge in [-0.25, -0.2) is 14.8 Å². The minimum atomic E-state index is -1.05. The SMILES string of the molecule is CO[C@H]1CN(c2nc(-c3nc4ccccc4s3)c(C(=O)O)s2)CC[C@H]1NC(=O)c1[nH]c(C)c(Cl)c1Cl. The third-order valence-electron chi connectivity index (χ3n) is 6.04. The van der Waals surface area contributed by atoms with E-state index in [1.54, 1.807) is 14.0 Å². The van der Waals surface area contributed by atoms with E-state index < -0.39 is 5.97 Å². The van der Waals surface area contributed by atoms with E-state index in [-0.39, 0.29) is 33.6 Å². The van der Waals surface area contributed by atoms with E-state index in [2.05, 4.69) is 20.3 Å². The molecule has 3 aromatic heterocycles. The molecule has 1 amide bonds. The molecule has 1 aromatic carbocycles. The molecule has 0 unspecified atom stereocenters. The predicted octanol–water partition coefficient (Wildman–Crippen LogP) is 5.09. The first-order valence-electron chi connectivity index (χ1n) is 11.0. The molecule has 1 saturated heterocycles. The van der Waals surface area contributed by atoms with E-state index in [0.29, 0.717) is 46.1 Å². The number of benzene rings is 1. The largest absolute Gasteiger partial charge is 0.477 e. The molecule has 13 heteroatoms. The number of thiazole rings is 2. The maximum Gasteiger partial charge on any atom is 0.348 e. The molecule has 0 saturated carbocycles. The first kappa shape index (κ1) is 25.0. The zero-order valence-electron chi connectivity index (χ0n) is 19.2. The van der Waals surface area contributed by atoms with E-state index in [9.17, 15) is 14.7 Å². The van der Waals surface area contributed by atoms with Gasteiger partial charge in [0, 0.05) is 25.9 Å². The van der Waals surface area contributed by atoms with Gasteiger partial charge in [0.05, 0.1) is 32.4 Å². The number of nitrogens with one attached hydrogen (secondary N) is 2. The molecule has 1 aliphatic rings. The highest BCUT2D eigenvalue weighted by Gasteiger charge is 2.34. The number of piperidine rings is 1. The molecule has 0 radical (unpaired) electrons. The first-order chi connectivity index (χ1) is 17.3. The van der Waals surface area contributed by atoms with Crippen LogP contribution in [0.15, 0.2) is 24.3 Å². The van der Waals surface area contributed by atoms with Crippen LogP contribution in [0.3, 0.4) is 0 Å². The molecule has 0 bridgehead atoms. The fourth-order valence-corrected chi connectivity index (χ4v) is 6.55. The number of methoxy groups -OCH3 is 1. The first-order valence-corrected chi connectivity index (χ1v) is 13.4. The molecule has 0 aliphatic carbocycles. The molecule has 0 spiro atoms. The van der Waals surface area contributed by atoms with Gasteiger partial charge in [-0.3, -0.25) is 4.79 Å². The molecule has 188 valence electrons. The van der Waals surface area contributed by atoms with Crippen LogP contribution in [-0.4, -0.2) is 64.3 Å². The monoisotopic (exact) mass is 565 g/mol. The zero-order valence-corrected chi connectivity index (χ0v) is 22.3. The van der Waals surface area contributed by atoms with E-state index in [1.807, 2.05) is 29.2 Å². The third kappa shape index (κ3) is 4.57. The number of aromatic carboxylic acids is 1. The number of aryl methyl sites for hydroxylation is 1. The lowest BCUT2D eigenvalue weighted by Gasteiger charge is -2.37. The number of para-hydroxylation sites is 1. The number of nitrogens with zero attached hydrogens (tertiary/aromatic N) is 3. The summed E-state index contributed by atoms with van der Waals surface area (Å²) in [7, 11) is 1.58. The number of H-pyrrole nitrogens is 1. The lowest BCUT2D eigenvalue weighted by Crippen LogP contribution is -2.55. The molecule has 1 aliphatic heterocycles. The van der Waals surface area contributed by atoms with Gasteiger partial charge in [0.1, 0.15) is 21.3 Å². The summed E-state index contributed by atoms with van der Waals surface area (Å²) in [5, 5.41) is 14.5. The van der Waals surface area contributed by atoms with E-state index in [4.69, 9.17) is 27.9 Å². The Morgan fingerprint density at radius 1 is 1.22 bits per heavy atom. The molecule has 4 aromatic rings. The Morgan fingerprint density at radius 2 is 2.00 bits per heavy atom. The Morgan fingerprint density at radius 3 is 2.67 bits per heavy atom. The normalized spacial score (nSPS) is 18.1. The number of halogens is 2. The quantitative estimate of drug-likeness (QED) is 0.298. The van der Waals surface area contributed by atoms with Crippen molar-refractivity contribution in [3.63, 3.8) is 0 Å². The van der Waals surface area contributed by atoms with Crippen LogP contribution in [0.1, 0.15) is 32.3 Å². The van der Waals surface area contributed by atoms with Gasteiger partial charge in [0.15, 0.2) is 5.13 Å². The van der Waals surface area contributed by atoms with Gasteiger partial charge in [-0.05, 0) is 25.5 Å². The van der Waals surface area contributed by atoms with Crippen LogP contribution in [0.2, 0.25) is 10.0 Å². The van der Waals surface area contributed by atoms with Crippen molar-refractivity contribution >= 4 is 73.1 Å². The van der Waals surface area contributed by atoms with Crippen LogP contribution in [-0.2, 0) is 4.74 Å². The standard InChI is InChI=1S/C23H21Cl2N5O4S2/c1-10-15(24)16(25)17(26-10)20(31)27-11-7-8-30(9-13(11)34-2)23-29-18(19(36-23)22(32)33)21-28-12-5-3-4-6-14(12)35-21/h3-6,11,13,26H,7-9H2,1-2H3,(H,27,31)(H,32,33)/t11-,13+/m1/s1. The van der Waals surface area contributed by atoms with E-state index >= 15 is 0 Å². The van der Waals surface area contributed by atoms with Gasteiger partial charge in [-0.15, -0.1) is 11.3 Å². The van der Waals surface area contributed by atoms with Crippen molar-refractivity contribution in [3.8, 4) is 10.7 Å². The van der Waals surface area contributed by atoms with Crippen molar-refractivity contribution in [1.29, 1.82) is 0 Å². The predicted molar refractivity (Wildman–Crippen MR) is 142 cm³/mol. The van der Waals surface area contributed by atoms with Crippen molar-refractivity contribution in [3.05, 3.63) is 50.6 Å². The van der Waals surface area contributed by atoms with Gasteiger partial charge in [0.25, 0.3) is 5.91 Å². The number of ether oxygens (including phenoxy) is 1. The maximum absolute atomic E-state index is 12.8. The van der Waals surface area contributed by atoms with Crippen molar-refractivity contribution < 1.29 is 19.4 Å². The zero-order chi connectivity index (χ0) is 25.6. The summed E-state index contributed by atoms with van der Waals surface area (Å²) < 4.78 is 6.65. The van der Waals surface area contributed by atoms with Gasteiger partial charge < -0.3 is 25.0 Å². The number of rotatable bonds is 6. The number of hydrogen-bond acceptors (Lipinski definition) is 8. The molecule has 5 rings (SSSR count). The Bertz CT molecular complexity index is 1430. The van der Waals surface area contributed by atoms with Crippen LogP contribution >= 0.6 is 45.9 Å². The number of carbonyl (C=O) groups excluding carboxylic acids is 1. The number of carboxylic acid groups (broad SMARTS) is 1. The fourth-order valence-electron chi connectivity index (χ4n) is 4.17. The van der Waals surface area contributed by atoms with Crippen molar-refractivity contribution in [2.45, 2.75) is 25.5 Å². The van der Waals surface area contributed by atoms with Crippen LogP contribution in [0.25, 0.3) is 20.9 Å². The average molecular weight is 566 g/mol. The summed E-state index contributed by atoms with van der Waals surface area (Å²) in [6, 6.07) is 7.37. The van der Waals surface area contributed by atoms with Crippen LogP contribution in [0.5, 0.6) is 0 Å². The molecule has 4 heterocycles. The summed E-state index contributed by atoms with van der Waals surface area (Å²) >= 11 is 14.8. The lowest BCUT2D eigenvalue weighted by atomic mass is 10.0. The Labute approximate surface area is 224 Å². The van der Waals surface area contributed by atoms with Crippen LogP contribution < -0.4 is 10.2 Å². The number of carboxylic acids is 1. The molecular formula is C23H21Cl2N5O4S2. The number of hydrogen-bond donors (Lipinski definition) is 3. The van der Waals surface area contributed by atoms with E-state index in [1.165, 1.54) is 11.3 Å². The van der Waals surface area contributed by atoms with Gasteiger partial charge in [-0.1, -0.05) is 46.7 Å². The van der Waals surface area contributed by atoms with Crippen molar-refractivity contribution in [1.82, 2.24) is 20.3 Å². The highest BCUT2D eigenvalue weighted by Crippen LogP contribution is 2.38. The number of aromatic nitrogens is 3. The minimum Gasteiger partial charge on any atom is -0.477 e. The fraction of sp³-hybridized carbons (Fsp3) is 0.304. The minimum absolute atomic E-state index is 0.141. The van der Waals surface area contributed by atoms with E-state index in [0.717, 1.165) is 21.6 Å². The molecular weight excluding hydrogens is 545 g/mol.